The molecule has 0 aliphatic rings. The van der Waals surface area contributed by atoms with E-state index in [1.165, 1.54) is 48.7 Å². The number of alkyl halides is 3. The number of hydrogen-bond acceptors (Lipinski definition) is 3. The second-order valence-electron chi connectivity index (χ2n) is 3.93. The van der Waals surface area contributed by atoms with Crippen molar-refractivity contribution in [3.05, 3.63) is 59.9 Å². The number of rotatable bonds is 3. The van der Waals surface area contributed by atoms with E-state index in [2.05, 4.69) is 4.98 Å². The molecule has 0 aliphatic carbocycles. The maximum absolute atomic E-state index is 13.0. The van der Waals surface area contributed by atoms with Crippen LogP contribution in [0.1, 0.15) is 17.4 Å². The third kappa shape index (κ3) is 3.26. The number of hydrogen-bond donors (Lipinski definition) is 0. The normalized spacial score (nSPS) is 12.5. The maximum Gasteiger partial charge on any atom is 0.431 e. The lowest BCUT2D eigenvalue weighted by Crippen LogP contribution is -2.26. The lowest BCUT2D eigenvalue weighted by molar-refractivity contribution is -0.199. The number of aromatic nitrogens is 1. The Labute approximate surface area is 113 Å². The number of nitrogens with zero attached hydrogens (tertiary/aromatic N) is 2. The van der Waals surface area contributed by atoms with E-state index in [9.17, 15) is 13.2 Å². The quantitative estimate of drug-likeness (QED) is 0.861. The van der Waals surface area contributed by atoms with Gasteiger partial charge in [-0.05, 0) is 36.4 Å². The maximum atomic E-state index is 13.0. The minimum Gasteiger partial charge on any atom is -0.475 e. The monoisotopic (exact) mass is 278 g/mol. The first-order chi connectivity index (χ1) is 9.50. The van der Waals surface area contributed by atoms with Crippen molar-refractivity contribution in [2.75, 3.05) is 0 Å². The fourth-order valence-electron chi connectivity index (χ4n) is 1.57. The molecule has 1 heterocycles. The Morgan fingerprint density at radius 1 is 1.10 bits per heavy atom. The van der Waals surface area contributed by atoms with Crippen molar-refractivity contribution in [2.45, 2.75) is 12.3 Å². The molecule has 102 valence electrons. The SMILES string of the molecule is N#Cc1ccc(OC(c2ccccn2)C(F)(F)F)cc1. The van der Waals surface area contributed by atoms with Crippen LogP contribution < -0.4 is 4.74 Å². The molecule has 1 aromatic heterocycles. The summed E-state index contributed by atoms with van der Waals surface area (Å²) in [4.78, 5) is 3.68. The highest BCUT2D eigenvalue weighted by molar-refractivity contribution is 5.34. The summed E-state index contributed by atoms with van der Waals surface area (Å²) in [5.74, 6) is 0.0250. The van der Waals surface area contributed by atoms with Crippen LogP contribution in [-0.2, 0) is 0 Å². The van der Waals surface area contributed by atoms with Crippen molar-refractivity contribution >= 4 is 0 Å². The molecule has 0 radical (unpaired) electrons. The minimum absolute atomic E-state index is 0.0250. The highest BCUT2D eigenvalue weighted by Gasteiger charge is 2.44. The van der Waals surface area contributed by atoms with Crippen molar-refractivity contribution in [1.29, 1.82) is 5.26 Å². The molecule has 0 fully saturated rings. The summed E-state index contributed by atoms with van der Waals surface area (Å²) in [5, 5.41) is 8.64. The Hall–Kier alpha value is -2.55. The van der Waals surface area contributed by atoms with E-state index in [0.717, 1.165) is 0 Å². The third-order valence-electron chi connectivity index (χ3n) is 2.49. The Balaban J connectivity index is 2.27. The largest absolute Gasteiger partial charge is 0.475 e. The molecule has 0 N–H and O–H groups in total. The Morgan fingerprint density at radius 2 is 1.80 bits per heavy atom. The van der Waals surface area contributed by atoms with Gasteiger partial charge in [0.1, 0.15) is 5.75 Å². The van der Waals surface area contributed by atoms with Gasteiger partial charge in [0.25, 0.3) is 0 Å². The molecule has 1 unspecified atom stereocenters. The molecule has 3 nitrogen and oxygen atoms in total. The molecule has 0 saturated heterocycles. The van der Waals surface area contributed by atoms with Gasteiger partial charge in [-0.3, -0.25) is 4.98 Å². The van der Waals surface area contributed by atoms with Gasteiger partial charge < -0.3 is 4.74 Å². The van der Waals surface area contributed by atoms with Crippen LogP contribution in [0.25, 0.3) is 0 Å². The van der Waals surface area contributed by atoms with Crippen molar-refractivity contribution in [3.63, 3.8) is 0 Å². The lowest BCUT2D eigenvalue weighted by Gasteiger charge is -2.21. The van der Waals surface area contributed by atoms with E-state index in [4.69, 9.17) is 10.00 Å². The molecule has 2 aromatic rings. The number of pyridine rings is 1. The fourth-order valence-corrected chi connectivity index (χ4v) is 1.57. The molecular weight excluding hydrogens is 269 g/mol. The van der Waals surface area contributed by atoms with E-state index in [-0.39, 0.29) is 11.4 Å². The summed E-state index contributed by atoms with van der Waals surface area (Å²) in [6.45, 7) is 0. The van der Waals surface area contributed by atoms with E-state index < -0.39 is 12.3 Å². The average Bonchev–Trinajstić information content (AvgIpc) is 2.45. The molecular formula is C14H9F3N2O. The van der Waals surface area contributed by atoms with Gasteiger partial charge in [-0.2, -0.15) is 18.4 Å². The van der Waals surface area contributed by atoms with Gasteiger partial charge in [-0.25, -0.2) is 0 Å². The van der Waals surface area contributed by atoms with Crippen LogP contribution in [0.5, 0.6) is 5.75 Å². The number of ether oxygens (including phenoxy) is 1. The zero-order valence-electron chi connectivity index (χ0n) is 10.1. The van der Waals surface area contributed by atoms with Gasteiger partial charge in [0.2, 0.25) is 6.10 Å². The van der Waals surface area contributed by atoms with Crippen LogP contribution in [0, 0.1) is 11.3 Å². The van der Waals surface area contributed by atoms with Gasteiger partial charge >= 0.3 is 6.18 Å². The highest BCUT2D eigenvalue weighted by Crippen LogP contribution is 2.35. The zero-order valence-corrected chi connectivity index (χ0v) is 10.1. The van der Waals surface area contributed by atoms with Crippen LogP contribution in [0.15, 0.2) is 48.7 Å². The summed E-state index contributed by atoms with van der Waals surface area (Å²) >= 11 is 0. The Bertz CT molecular complexity index is 603. The zero-order chi connectivity index (χ0) is 14.6. The second kappa shape index (κ2) is 5.61. The minimum atomic E-state index is -4.58. The van der Waals surface area contributed by atoms with Crippen molar-refractivity contribution in [1.82, 2.24) is 4.98 Å². The second-order valence-corrected chi connectivity index (χ2v) is 3.93. The van der Waals surface area contributed by atoms with E-state index >= 15 is 0 Å². The summed E-state index contributed by atoms with van der Waals surface area (Å²) in [6, 6.07) is 11.5. The molecule has 6 heteroatoms. The van der Waals surface area contributed by atoms with Crippen LogP contribution in [0.4, 0.5) is 13.2 Å². The summed E-state index contributed by atoms with van der Waals surface area (Å²) in [7, 11) is 0. The smallest absolute Gasteiger partial charge is 0.431 e. The Morgan fingerprint density at radius 3 is 2.30 bits per heavy atom. The topological polar surface area (TPSA) is 45.9 Å². The molecule has 1 atom stereocenters. The average molecular weight is 278 g/mol. The van der Waals surface area contributed by atoms with Gasteiger partial charge in [0.15, 0.2) is 0 Å². The standard InChI is InChI=1S/C14H9F3N2O/c15-14(16,17)13(12-3-1-2-8-19-12)20-11-6-4-10(9-18)5-7-11/h1-8,13H. The number of benzene rings is 1. The first-order valence-electron chi connectivity index (χ1n) is 5.65. The fraction of sp³-hybridized carbons (Fsp3) is 0.143. The van der Waals surface area contributed by atoms with E-state index in [0.29, 0.717) is 5.56 Å². The van der Waals surface area contributed by atoms with Crippen LogP contribution >= 0.6 is 0 Å². The summed E-state index contributed by atoms with van der Waals surface area (Å²) in [6.07, 6.45) is -5.45. The molecule has 1 aromatic carbocycles. The number of nitriles is 1. The van der Waals surface area contributed by atoms with Crippen molar-refractivity contribution < 1.29 is 17.9 Å². The summed E-state index contributed by atoms with van der Waals surface area (Å²) < 4.78 is 44.0. The lowest BCUT2D eigenvalue weighted by atomic mass is 10.2. The van der Waals surface area contributed by atoms with Gasteiger partial charge in [-0.15, -0.1) is 0 Å². The van der Waals surface area contributed by atoms with Crippen LogP contribution in [0.3, 0.4) is 0 Å². The van der Waals surface area contributed by atoms with Gasteiger partial charge in [0, 0.05) is 6.20 Å². The first-order valence-corrected chi connectivity index (χ1v) is 5.65. The number of halogens is 3. The molecule has 0 saturated carbocycles. The predicted molar refractivity (Wildman–Crippen MR) is 64.8 cm³/mol. The van der Waals surface area contributed by atoms with Crippen molar-refractivity contribution in [2.24, 2.45) is 0 Å². The molecule has 0 spiro atoms. The van der Waals surface area contributed by atoms with E-state index in [1.54, 1.807) is 0 Å². The molecule has 0 amide bonds. The van der Waals surface area contributed by atoms with Gasteiger partial charge in [-0.1, -0.05) is 6.07 Å². The highest BCUT2D eigenvalue weighted by atomic mass is 19.4. The predicted octanol–water partition coefficient (Wildman–Crippen LogP) is 3.64. The molecule has 0 bridgehead atoms. The molecule has 0 aliphatic heterocycles. The third-order valence-corrected chi connectivity index (χ3v) is 2.49. The molecule has 2 rings (SSSR count). The van der Waals surface area contributed by atoms with Gasteiger partial charge in [0.05, 0.1) is 17.3 Å². The van der Waals surface area contributed by atoms with Crippen molar-refractivity contribution in [3.8, 4) is 11.8 Å². The van der Waals surface area contributed by atoms with Crippen LogP contribution in [0.2, 0.25) is 0 Å². The Kier molecular flexibility index (Phi) is 3.89. The molecule has 20 heavy (non-hydrogen) atoms. The first kappa shape index (κ1) is 13.9. The van der Waals surface area contributed by atoms with Crippen LogP contribution in [-0.4, -0.2) is 11.2 Å². The van der Waals surface area contributed by atoms with E-state index in [1.807, 2.05) is 6.07 Å². The summed E-state index contributed by atoms with van der Waals surface area (Å²) in [5.41, 5.74) is 0.128.